The van der Waals surface area contributed by atoms with Gasteiger partial charge in [0.2, 0.25) is 0 Å². The van der Waals surface area contributed by atoms with E-state index in [0.717, 1.165) is 39.0 Å². The Bertz CT molecular complexity index is 204. The summed E-state index contributed by atoms with van der Waals surface area (Å²) in [5.74, 6) is 0. The molecule has 2 bridgehead atoms. The third kappa shape index (κ3) is 1.71. The molecule has 2 fully saturated rings. The Balaban J connectivity index is 1.93. The number of hydrogen-bond acceptors (Lipinski definition) is 2. The van der Waals surface area contributed by atoms with Crippen LogP contribution >= 0.6 is 0 Å². The van der Waals surface area contributed by atoms with Gasteiger partial charge in [-0.1, -0.05) is 6.92 Å². The number of fused-ring (bicyclic) bond motifs is 2. The summed E-state index contributed by atoms with van der Waals surface area (Å²) in [5.41, 5.74) is 0. The highest BCUT2D eigenvalue weighted by Gasteiger charge is 2.40. The van der Waals surface area contributed by atoms with Crippen LogP contribution in [0.5, 0.6) is 0 Å². The van der Waals surface area contributed by atoms with Crippen LogP contribution in [0.4, 0.5) is 4.79 Å². The van der Waals surface area contributed by atoms with Gasteiger partial charge in [-0.15, -0.1) is 0 Å². The Labute approximate surface area is 84.6 Å². The third-order valence-corrected chi connectivity index (χ3v) is 3.00. The Morgan fingerprint density at radius 1 is 1.43 bits per heavy atom. The summed E-state index contributed by atoms with van der Waals surface area (Å²) < 4.78 is 5.42. The number of nitrogens with zero attached hydrogens (tertiary/aromatic N) is 1. The van der Waals surface area contributed by atoms with E-state index in [1.54, 1.807) is 0 Å². The zero-order valence-electron chi connectivity index (χ0n) is 8.66. The molecular formula is C10H18N2O2. The molecule has 0 aromatic heterocycles. The monoisotopic (exact) mass is 198 g/mol. The molecule has 0 spiro atoms. The lowest BCUT2D eigenvalue weighted by Crippen LogP contribution is -2.53. The molecule has 2 aliphatic heterocycles. The predicted molar refractivity (Wildman–Crippen MR) is 53.2 cm³/mol. The SMILES string of the molecule is CCCNC(=O)N1C2CCC1COC2. The van der Waals surface area contributed by atoms with Crippen molar-refractivity contribution in [2.24, 2.45) is 0 Å². The lowest BCUT2D eigenvalue weighted by molar-refractivity contribution is 0.00644. The molecule has 2 saturated heterocycles. The van der Waals surface area contributed by atoms with Gasteiger partial charge in [-0.25, -0.2) is 4.79 Å². The number of morpholine rings is 1. The Kier molecular flexibility index (Phi) is 2.91. The van der Waals surface area contributed by atoms with Crippen molar-refractivity contribution in [3.63, 3.8) is 0 Å². The van der Waals surface area contributed by atoms with Crippen molar-refractivity contribution in [2.45, 2.75) is 38.3 Å². The van der Waals surface area contributed by atoms with Gasteiger partial charge in [0.25, 0.3) is 0 Å². The van der Waals surface area contributed by atoms with Crippen molar-refractivity contribution in [1.82, 2.24) is 10.2 Å². The van der Waals surface area contributed by atoms with Gasteiger partial charge in [0.15, 0.2) is 0 Å². The van der Waals surface area contributed by atoms with Gasteiger partial charge < -0.3 is 15.0 Å². The molecule has 2 aliphatic rings. The molecule has 2 heterocycles. The normalized spacial score (nSPS) is 30.5. The maximum Gasteiger partial charge on any atom is 0.318 e. The van der Waals surface area contributed by atoms with E-state index >= 15 is 0 Å². The summed E-state index contributed by atoms with van der Waals surface area (Å²) in [6.45, 7) is 4.27. The van der Waals surface area contributed by atoms with E-state index in [2.05, 4.69) is 12.2 Å². The van der Waals surface area contributed by atoms with Crippen LogP contribution in [0.3, 0.4) is 0 Å². The Hall–Kier alpha value is -0.770. The zero-order valence-corrected chi connectivity index (χ0v) is 8.66. The molecule has 4 nitrogen and oxygen atoms in total. The van der Waals surface area contributed by atoms with Crippen LogP contribution < -0.4 is 5.32 Å². The first-order valence-corrected chi connectivity index (χ1v) is 5.47. The van der Waals surface area contributed by atoms with E-state index in [-0.39, 0.29) is 6.03 Å². The van der Waals surface area contributed by atoms with Crippen molar-refractivity contribution in [1.29, 1.82) is 0 Å². The van der Waals surface area contributed by atoms with Gasteiger partial charge >= 0.3 is 6.03 Å². The molecule has 2 unspecified atom stereocenters. The summed E-state index contributed by atoms with van der Waals surface area (Å²) in [4.78, 5) is 13.8. The van der Waals surface area contributed by atoms with E-state index < -0.39 is 0 Å². The standard InChI is InChI=1S/C10H18N2O2/c1-2-5-11-10(13)12-8-3-4-9(12)7-14-6-8/h8-9H,2-7H2,1H3,(H,11,13). The summed E-state index contributed by atoms with van der Waals surface area (Å²) in [7, 11) is 0. The minimum Gasteiger partial charge on any atom is -0.377 e. The summed E-state index contributed by atoms with van der Waals surface area (Å²) in [6.07, 6.45) is 3.19. The van der Waals surface area contributed by atoms with Crippen molar-refractivity contribution < 1.29 is 9.53 Å². The molecule has 0 aliphatic carbocycles. The first-order valence-electron chi connectivity index (χ1n) is 5.47. The van der Waals surface area contributed by atoms with Gasteiger partial charge in [0.05, 0.1) is 25.3 Å². The van der Waals surface area contributed by atoms with Crippen LogP contribution in [0.25, 0.3) is 0 Å². The topological polar surface area (TPSA) is 41.6 Å². The Morgan fingerprint density at radius 3 is 2.64 bits per heavy atom. The highest BCUT2D eigenvalue weighted by atomic mass is 16.5. The molecule has 0 saturated carbocycles. The maximum atomic E-state index is 11.8. The third-order valence-electron chi connectivity index (χ3n) is 3.00. The molecular weight excluding hydrogens is 180 g/mol. The van der Waals surface area contributed by atoms with Gasteiger partial charge in [-0.3, -0.25) is 0 Å². The summed E-state index contributed by atoms with van der Waals surface area (Å²) in [6, 6.07) is 0.749. The highest BCUT2D eigenvalue weighted by Crippen LogP contribution is 2.28. The molecule has 0 aromatic carbocycles. The smallest absolute Gasteiger partial charge is 0.318 e. The maximum absolute atomic E-state index is 11.8. The number of rotatable bonds is 2. The molecule has 0 radical (unpaired) electrons. The molecule has 80 valence electrons. The molecule has 2 amide bonds. The number of hydrogen-bond donors (Lipinski definition) is 1. The second-order valence-corrected chi connectivity index (χ2v) is 4.06. The van der Waals surface area contributed by atoms with E-state index in [4.69, 9.17) is 4.74 Å². The van der Waals surface area contributed by atoms with Crippen LogP contribution in [0.2, 0.25) is 0 Å². The van der Waals surface area contributed by atoms with Crippen molar-refractivity contribution >= 4 is 6.03 Å². The lowest BCUT2D eigenvalue weighted by Gasteiger charge is -2.34. The van der Waals surface area contributed by atoms with Crippen LogP contribution in [-0.4, -0.2) is 42.8 Å². The van der Waals surface area contributed by atoms with Gasteiger partial charge in [-0.2, -0.15) is 0 Å². The average Bonchev–Trinajstić information content (AvgIpc) is 2.45. The minimum atomic E-state index is 0.0997. The van der Waals surface area contributed by atoms with Gasteiger partial charge in [0, 0.05) is 6.54 Å². The molecule has 1 N–H and O–H groups in total. The zero-order chi connectivity index (χ0) is 9.97. The lowest BCUT2D eigenvalue weighted by atomic mass is 10.2. The molecule has 2 atom stereocenters. The molecule has 2 rings (SSSR count). The van der Waals surface area contributed by atoms with E-state index in [0.29, 0.717) is 12.1 Å². The van der Waals surface area contributed by atoms with Crippen LogP contribution in [0.15, 0.2) is 0 Å². The first-order chi connectivity index (χ1) is 6.83. The number of ether oxygens (including phenoxy) is 1. The quantitative estimate of drug-likeness (QED) is 0.718. The van der Waals surface area contributed by atoms with Crippen molar-refractivity contribution in [2.75, 3.05) is 19.8 Å². The molecule has 14 heavy (non-hydrogen) atoms. The summed E-state index contributed by atoms with van der Waals surface area (Å²) >= 11 is 0. The van der Waals surface area contributed by atoms with Crippen molar-refractivity contribution in [3.05, 3.63) is 0 Å². The minimum absolute atomic E-state index is 0.0997. The second-order valence-electron chi connectivity index (χ2n) is 4.06. The van der Waals surface area contributed by atoms with Gasteiger partial charge in [0.1, 0.15) is 0 Å². The average molecular weight is 198 g/mol. The first kappa shape index (κ1) is 9.77. The number of nitrogens with one attached hydrogen (secondary N) is 1. The van der Waals surface area contributed by atoms with E-state index in [1.165, 1.54) is 0 Å². The van der Waals surface area contributed by atoms with E-state index in [9.17, 15) is 4.79 Å². The van der Waals surface area contributed by atoms with Gasteiger partial charge in [-0.05, 0) is 19.3 Å². The fourth-order valence-electron chi connectivity index (χ4n) is 2.28. The van der Waals surface area contributed by atoms with Crippen molar-refractivity contribution in [3.8, 4) is 0 Å². The number of carbonyl (C=O) groups excluding carboxylic acids is 1. The number of amides is 2. The summed E-state index contributed by atoms with van der Waals surface area (Å²) in [5, 5.41) is 2.93. The largest absolute Gasteiger partial charge is 0.377 e. The number of urea groups is 1. The molecule has 0 aromatic rings. The van der Waals surface area contributed by atoms with E-state index in [1.807, 2.05) is 4.90 Å². The van der Waals surface area contributed by atoms with Crippen LogP contribution in [0.1, 0.15) is 26.2 Å². The second kappa shape index (κ2) is 4.17. The highest BCUT2D eigenvalue weighted by molar-refractivity contribution is 5.75. The Morgan fingerprint density at radius 2 is 2.07 bits per heavy atom. The fraction of sp³-hybridized carbons (Fsp3) is 0.900. The predicted octanol–water partition coefficient (Wildman–Crippen LogP) is 0.969. The van der Waals surface area contributed by atoms with Crippen LogP contribution in [-0.2, 0) is 4.74 Å². The van der Waals surface area contributed by atoms with Crippen LogP contribution in [0, 0.1) is 0 Å². The number of carbonyl (C=O) groups is 1. The molecule has 4 heteroatoms. The fourth-order valence-corrected chi connectivity index (χ4v) is 2.28.